The van der Waals surface area contributed by atoms with E-state index in [2.05, 4.69) is 8.83 Å². The van der Waals surface area contributed by atoms with Crippen molar-refractivity contribution in [2.24, 2.45) is 0 Å². The Hall–Kier alpha value is -1.22. The summed E-state index contributed by atoms with van der Waals surface area (Å²) >= 11 is 0. The number of hydrogen-bond acceptors (Lipinski definition) is 9. The number of aliphatic hydroxyl groups excluding tert-OH is 2. The van der Waals surface area contributed by atoms with Crippen LogP contribution < -0.4 is 11.2 Å². The molecule has 2 rings (SSSR count). The minimum atomic E-state index is -5.32. The summed E-state index contributed by atoms with van der Waals surface area (Å²) in [5.74, 6) is 0. The molecule has 1 aromatic rings. The van der Waals surface area contributed by atoms with E-state index >= 15 is 0 Å². The van der Waals surface area contributed by atoms with Crippen molar-refractivity contribution in [1.29, 1.82) is 0 Å². The number of nitrogens with zero attached hydrogens (tertiary/aromatic N) is 1. The number of rotatable bonds is 6. The summed E-state index contributed by atoms with van der Waals surface area (Å²) in [4.78, 5) is 50.7. The molecular weight excluding hydrogens is 406 g/mol. The smallest absolute Gasteiger partial charge is 0.412 e. The third kappa shape index (κ3) is 5.64. The van der Waals surface area contributed by atoms with Crippen LogP contribution in [0.5, 0.6) is 0 Å². The molecule has 15 nitrogen and oxygen atoms in total. The normalized spacial score (nSPS) is 28.3. The summed E-state index contributed by atoms with van der Waals surface area (Å²) < 4.78 is 35.6. The first kappa shape index (κ1) is 22.8. The van der Waals surface area contributed by atoms with Crippen molar-refractivity contribution in [1.82, 2.24) is 9.55 Å². The largest absolute Gasteiger partial charge is 0.481 e. The van der Waals surface area contributed by atoms with Crippen LogP contribution in [0.1, 0.15) is 6.23 Å². The van der Waals surface area contributed by atoms with Crippen molar-refractivity contribution < 1.29 is 53.1 Å². The Balaban J connectivity index is 0.00000338. The number of aliphatic hydroxyl groups is 2. The van der Waals surface area contributed by atoms with Gasteiger partial charge in [-0.15, -0.1) is 0 Å². The Morgan fingerprint density at radius 1 is 1.19 bits per heavy atom. The van der Waals surface area contributed by atoms with E-state index in [1.54, 1.807) is 0 Å². The van der Waals surface area contributed by atoms with Crippen LogP contribution in [0.25, 0.3) is 0 Å². The predicted molar refractivity (Wildman–Crippen MR) is 79.8 cm³/mol. The zero-order valence-corrected chi connectivity index (χ0v) is 14.4. The number of ether oxygens (including phenoxy) is 1. The monoisotopic (exact) mass is 422 g/mol. The van der Waals surface area contributed by atoms with Crippen molar-refractivity contribution in [3.8, 4) is 0 Å². The van der Waals surface area contributed by atoms with Crippen molar-refractivity contribution in [3.63, 3.8) is 0 Å². The Morgan fingerprint density at radius 3 is 2.35 bits per heavy atom. The standard InChI is InChI=1S/C9H14N2O12P2.H2O/c12-5-1-2-11(9(15)10-5)8-7(14)6(13)4(22-8)3-21-25(19,20)23-24(16,17)18;/h1-2,4,6-8,13-14H,3H2,(H,19,20)(H,10,12,15)(H2,16,17,18);1H2/t4-,6-,7-,8-;/m1./s1. The van der Waals surface area contributed by atoms with Crippen LogP contribution >= 0.6 is 15.6 Å². The minimum Gasteiger partial charge on any atom is -0.412 e. The van der Waals surface area contributed by atoms with Gasteiger partial charge in [0.15, 0.2) is 6.23 Å². The van der Waals surface area contributed by atoms with Crippen LogP contribution in [0.3, 0.4) is 0 Å². The van der Waals surface area contributed by atoms with E-state index in [1.807, 2.05) is 4.98 Å². The van der Waals surface area contributed by atoms with E-state index in [1.165, 1.54) is 0 Å². The molecule has 0 radical (unpaired) electrons. The Labute approximate surface area is 143 Å². The molecule has 0 aromatic carbocycles. The highest BCUT2D eigenvalue weighted by Crippen LogP contribution is 2.57. The van der Waals surface area contributed by atoms with Gasteiger partial charge in [0.2, 0.25) is 0 Å². The lowest BCUT2D eigenvalue weighted by Gasteiger charge is -2.17. The maximum atomic E-state index is 11.7. The SMILES string of the molecule is O.O=c1ccn([C@@H]2O[C@H](COP(=O)(O)OP(=O)(O)O)[C@@H](O)[C@H]2O)c(=O)[nH]1. The van der Waals surface area contributed by atoms with E-state index in [9.17, 15) is 28.9 Å². The number of phosphoric ester groups is 1. The molecule has 2 heterocycles. The van der Waals surface area contributed by atoms with Crippen molar-refractivity contribution in [2.45, 2.75) is 24.5 Å². The molecule has 0 bridgehead atoms. The highest BCUT2D eigenvalue weighted by atomic mass is 31.3. The average molecular weight is 422 g/mol. The first-order chi connectivity index (χ1) is 11.4. The number of nitrogens with one attached hydrogen (secondary N) is 1. The summed E-state index contributed by atoms with van der Waals surface area (Å²) in [7, 11) is -10.5. The fraction of sp³-hybridized carbons (Fsp3) is 0.556. The van der Waals surface area contributed by atoms with Crippen LogP contribution in [-0.4, -0.2) is 64.8 Å². The molecule has 1 aliphatic heterocycles. The van der Waals surface area contributed by atoms with E-state index in [-0.39, 0.29) is 5.48 Å². The van der Waals surface area contributed by atoms with E-state index in [4.69, 9.17) is 19.4 Å². The number of aromatic amines is 1. The summed E-state index contributed by atoms with van der Waals surface area (Å²) in [5.41, 5.74) is -1.65. The molecule has 0 aliphatic carbocycles. The Morgan fingerprint density at radius 2 is 1.81 bits per heavy atom. The fourth-order valence-corrected chi connectivity index (χ4v) is 3.65. The van der Waals surface area contributed by atoms with Gasteiger partial charge in [-0.3, -0.25) is 18.9 Å². The molecule has 5 atom stereocenters. The molecule has 1 fully saturated rings. The number of aromatic nitrogens is 2. The quantitative estimate of drug-likeness (QED) is 0.245. The lowest BCUT2D eigenvalue weighted by atomic mass is 10.1. The maximum absolute atomic E-state index is 11.7. The van der Waals surface area contributed by atoms with Crippen LogP contribution in [-0.2, 0) is 22.7 Å². The van der Waals surface area contributed by atoms with Gasteiger partial charge in [-0.25, -0.2) is 13.9 Å². The van der Waals surface area contributed by atoms with Gasteiger partial charge in [0.1, 0.15) is 18.3 Å². The Kier molecular flexibility index (Phi) is 7.20. The van der Waals surface area contributed by atoms with Crippen LogP contribution in [0.15, 0.2) is 21.9 Å². The summed E-state index contributed by atoms with van der Waals surface area (Å²) in [6.45, 7) is -0.902. The molecule has 150 valence electrons. The van der Waals surface area contributed by atoms with Crippen LogP contribution in [0.4, 0.5) is 0 Å². The van der Waals surface area contributed by atoms with Gasteiger partial charge < -0.3 is 35.1 Å². The second-order valence-electron chi connectivity index (χ2n) is 4.90. The number of hydrogen-bond donors (Lipinski definition) is 6. The predicted octanol–water partition coefficient (Wildman–Crippen LogP) is -3.44. The highest BCUT2D eigenvalue weighted by molar-refractivity contribution is 7.60. The lowest BCUT2D eigenvalue weighted by molar-refractivity contribution is -0.0542. The summed E-state index contributed by atoms with van der Waals surface area (Å²) in [6, 6.07) is 0.962. The molecule has 1 saturated heterocycles. The van der Waals surface area contributed by atoms with Crippen molar-refractivity contribution >= 4 is 15.6 Å². The van der Waals surface area contributed by atoms with Gasteiger partial charge in [0, 0.05) is 12.3 Å². The highest BCUT2D eigenvalue weighted by Gasteiger charge is 2.45. The van der Waals surface area contributed by atoms with E-state index in [0.29, 0.717) is 0 Å². The van der Waals surface area contributed by atoms with Crippen molar-refractivity contribution in [3.05, 3.63) is 33.1 Å². The summed E-state index contributed by atoms with van der Waals surface area (Å²) in [5, 5.41) is 19.8. The van der Waals surface area contributed by atoms with Crippen LogP contribution in [0.2, 0.25) is 0 Å². The van der Waals surface area contributed by atoms with Gasteiger partial charge in [0.25, 0.3) is 5.56 Å². The molecule has 17 heteroatoms. The molecular formula is C9H16N2O13P2. The molecule has 26 heavy (non-hydrogen) atoms. The van der Waals surface area contributed by atoms with Gasteiger partial charge in [0.05, 0.1) is 6.61 Å². The molecule has 0 spiro atoms. The molecule has 1 aromatic heterocycles. The van der Waals surface area contributed by atoms with Gasteiger partial charge in [-0.1, -0.05) is 0 Å². The fourth-order valence-electron chi connectivity index (χ4n) is 2.05. The van der Waals surface area contributed by atoms with Crippen molar-refractivity contribution in [2.75, 3.05) is 6.61 Å². The van der Waals surface area contributed by atoms with Gasteiger partial charge >= 0.3 is 21.3 Å². The molecule has 1 unspecified atom stereocenters. The minimum absolute atomic E-state index is 0. The van der Waals surface area contributed by atoms with E-state index in [0.717, 1.165) is 16.8 Å². The summed E-state index contributed by atoms with van der Waals surface area (Å²) in [6.07, 6.45) is -5.25. The van der Waals surface area contributed by atoms with Gasteiger partial charge in [-0.2, -0.15) is 4.31 Å². The first-order valence-electron chi connectivity index (χ1n) is 6.47. The molecule has 8 N–H and O–H groups in total. The molecule has 1 aliphatic rings. The second kappa shape index (κ2) is 8.21. The molecule has 0 amide bonds. The van der Waals surface area contributed by atoms with Gasteiger partial charge in [-0.05, 0) is 0 Å². The topological polar surface area (TPSA) is 249 Å². The third-order valence-electron chi connectivity index (χ3n) is 3.07. The third-order valence-corrected chi connectivity index (χ3v) is 5.23. The lowest BCUT2D eigenvalue weighted by Crippen LogP contribution is -2.37. The zero-order valence-electron chi connectivity index (χ0n) is 12.6. The number of H-pyrrole nitrogens is 1. The maximum Gasteiger partial charge on any atom is 0.481 e. The Bertz CT molecular complexity index is 829. The second-order valence-corrected chi connectivity index (χ2v) is 7.73. The molecule has 0 saturated carbocycles. The van der Waals surface area contributed by atoms with Crippen LogP contribution in [0, 0.1) is 0 Å². The number of phosphoric acid groups is 2. The zero-order chi connectivity index (χ0) is 19.0. The average Bonchev–Trinajstić information content (AvgIpc) is 2.71. The first-order valence-corrected chi connectivity index (χ1v) is 9.49. The van der Waals surface area contributed by atoms with E-state index < -0.39 is 58.0 Å².